The maximum Gasteiger partial charge on any atom is 0.282 e. The minimum absolute atomic E-state index is 0.0417. The Bertz CT molecular complexity index is 554. The van der Waals surface area contributed by atoms with Crippen molar-refractivity contribution in [1.29, 1.82) is 0 Å². The molecule has 1 amide bonds. The fraction of sp³-hybridized carbons (Fsp3) is 0.267. The molecule has 0 fully saturated rings. The van der Waals surface area contributed by atoms with Gasteiger partial charge in [-0.1, -0.05) is 15.9 Å². The molecule has 2 atom stereocenters. The molecule has 106 valence electrons. The monoisotopic (exact) mass is 353 g/mol. The number of amides is 1. The first kappa shape index (κ1) is 15.2. The summed E-state index contributed by atoms with van der Waals surface area (Å²) in [6.45, 7) is 2.81. The lowest BCUT2D eigenvalue weighted by Crippen LogP contribution is -3.12. The molecule has 0 radical (unpaired) electrons. The van der Waals surface area contributed by atoms with E-state index in [2.05, 4.69) is 38.1 Å². The van der Waals surface area contributed by atoms with Gasteiger partial charge in [-0.25, -0.2) is 0 Å². The van der Waals surface area contributed by atoms with Crippen molar-refractivity contribution in [1.82, 2.24) is 0 Å². The SMILES string of the molecule is C[C@@H](C(=O)Nc1ccc(Br)cc1)[NH+](C)Cc1ccsc1. The molecule has 1 aromatic carbocycles. The van der Waals surface area contributed by atoms with Crippen LogP contribution in [0.2, 0.25) is 0 Å². The molecule has 0 aliphatic carbocycles. The van der Waals surface area contributed by atoms with Crippen LogP contribution in [0.3, 0.4) is 0 Å². The number of rotatable bonds is 5. The second-order valence-corrected chi connectivity index (χ2v) is 6.57. The highest BCUT2D eigenvalue weighted by Gasteiger charge is 2.22. The first-order chi connectivity index (χ1) is 9.56. The number of thiophene rings is 1. The minimum Gasteiger partial charge on any atom is -0.324 e. The Morgan fingerprint density at radius 3 is 2.65 bits per heavy atom. The van der Waals surface area contributed by atoms with Gasteiger partial charge in [0.05, 0.1) is 7.05 Å². The predicted molar refractivity (Wildman–Crippen MR) is 87.1 cm³/mol. The van der Waals surface area contributed by atoms with Crippen LogP contribution in [0.1, 0.15) is 12.5 Å². The Hall–Kier alpha value is -1.17. The van der Waals surface area contributed by atoms with Gasteiger partial charge in [0.15, 0.2) is 6.04 Å². The fourth-order valence-electron chi connectivity index (χ4n) is 1.88. The number of halogens is 1. The van der Waals surface area contributed by atoms with E-state index in [1.165, 1.54) is 10.5 Å². The first-order valence-electron chi connectivity index (χ1n) is 6.46. The molecule has 0 aliphatic heterocycles. The van der Waals surface area contributed by atoms with Gasteiger partial charge < -0.3 is 10.2 Å². The standard InChI is InChI=1S/C15H17BrN2OS/c1-11(18(2)9-12-7-8-20-10-12)15(19)17-14-5-3-13(16)4-6-14/h3-8,10-11H,9H2,1-2H3,(H,17,19)/p+1/t11-/m0/s1. The summed E-state index contributed by atoms with van der Waals surface area (Å²) in [6, 6.07) is 9.63. The zero-order chi connectivity index (χ0) is 14.5. The Kier molecular flexibility index (Phi) is 5.34. The highest BCUT2D eigenvalue weighted by Crippen LogP contribution is 2.14. The molecule has 3 nitrogen and oxygen atoms in total. The van der Waals surface area contributed by atoms with Crippen LogP contribution in [0, 0.1) is 0 Å². The van der Waals surface area contributed by atoms with Gasteiger partial charge in [0, 0.05) is 15.7 Å². The normalized spacial score (nSPS) is 13.8. The Balaban J connectivity index is 1.92. The summed E-state index contributed by atoms with van der Waals surface area (Å²) in [4.78, 5) is 13.4. The van der Waals surface area contributed by atoms with Gasteiger partial charge >= 0.3 is 0 Å². The average Bonchev–Trinajstić information content (AvgIpc) is 2.93. The summed E-state index contributed by atoms with van der Waals surface area (Å²) in [7, 11) is 2.05. The average molecular weight is 354 g/mol. The lowest BCUT2D eigenvalue weighted by molar-refractivity contribution is -0.907. The summed E-state index contributed by atoms with van der Waals surface area (Å²) in [5.74, 6) is 0.0417. The molecule has 20 heavy (non-hydrogen) atoms. The van der Waals surface area contributed by atoms with Crippen molar-refractivity contribution in [3.63, 3.8) is 0 Å². The summed E-state index contributed by atoms with van der Waals surface area (Å²) in [5.41, 5.74) is 2.10. The second-order valence-electron chi connectivity index (χ2n) is 4.87. The molecule has 0 spiro atoms. The number of quaternary nitrogens is 1. The van der Waals surface area contributed by atoms with Gasteiger partial charge in [-0.15, -0.1) is 0 Å². The fourth-order valence-corrected chi connectivity index (χ4v) is 2.81. The van der Waals surface area contributed by atoms with Crippen molar-refractivity contribution in [2.45, 2.75) is 19.5 Å². The molecular formula is C15H18BrN2OS+. The topological polar surface area (TPSA) is 33.5 Å². The summed E-state index contributed by atoms with van der Waals surface area (Å²) in [5, 5.41) is 7.14. The minimum atomic E-state index is -0.0986. The molecule has 5 heteroatoms. The number of benzene rings is 1. The first-order valence-corrected chi connectivity index (χ1v) is 8.19. The maximum atomic E-state index is 12.2. The van der Waals surface area contributed by atoms with Gasteiger partial charge in [0.25, 0.3) is 5.91 Å². The summed E-state index contributed by atoms with van der Waals surface area (Å²) in [6.07, 6.45) is 0. The molecule has 1 heterocycles. The Labute approximate surface area is 131 Å². The Morgan fingerprint density at radius 1 is 1.35 bits per heavy atom. The molecule has 0 saturated heterocycles. The van der Waals surface area contributed by atoms with Crippen molar-refractivity contribution >= 4 is 38.9 Å². The second kappa shape index (κ2) is 7.02. The zero-order valence-corrected chi connectivity index (χ0v) is 13.9. The van der Waals surface area contributed by atoms with Crippen LogP contribution in [-0.4, -0.2) is 19.0 Å². The van der Waals surface area contributed by atoms with Crippen LogP contribution in [-0.2, 0) is 11.3 Å². The van der Waals surface area contributed by atoms with E-state index in [1.807, 2.05) is 38.2 Å². The predicted octanol–water partition coefficient (Wildman–Crippen LogP) is 2.55. The van der Waals surface area contributed by atoms with Crippen LogP contribution in [0.4, 0.5) is 5.69 Å². The molecule has 0 aliphatic rings. The third-order valence-corrected chi connectivity index (χ3v) is 4.57. The van der Waals surface area contributed by atoms with Crippen LogP contribution in [0.5, 0.6) is 0 Å². The van der Waals surface area contributed by atoms with Crippen LogP contribution in [0.15, 0.2) is 45.6 Å². The third-order valence-electron chi connectivity index (χ3n) is 3.31. The molecule has 2 aromatic rings. The molecule has 2 N–H and O–H groups in total. The molecule has 0 bridgehead atoms. The molecule has 0 saturated carbocycles. The number of likely N-dealkylation sites (N-methyl/N-ethyl adjacent to an activating group) is 1. The van der Waals surface area contributed by atoms with E-state index in [-0.39, 0.29) is 11.9 Å². The van der Waals surface area contributed by atoms with Crippen molar-refractivity contribution in [3.8, 4) is 0 Å². The van der Waals surface area contributed by atoms with E-state index in [9.17, 15) is 4.79 Å². The van der Waals surface area contributed by atoms with Gasteiger partial charge in [0.2, 0.25) is 0 Å². The van der Waals surface area contributed by atoms with E-state index < -0.39 is 0 Å². The van der Waals surface area contributed by atoms with Crippen molar-refractivity contribution in [2.24, 2.45) is 0 Å². The highest BCUT2D eigenvalue weighted by molar-refractivity contribution is 9.10. The van der Waals surface area contributed by atoms with E-state index in [4.69, 9.17) is 0 Å². The quantitative estimate of drug-likeness (QED) is 0.850. The van der Waals surface area contributed by atoms with Crippen molar-refractivity contribution < 1.29 is 9.69 Å². The number of carbonyl (C=O) groups is 1. The van der Waals surface area contributed by atoms with E-state index in [0.717, 1.165) is 16.7 Å². The number of nitrogens with one attached hydrogen (secondary N) is 2. The largest absolute Gasteiger partial charge is 0.324 e. The van der Waals surface area contributed by atoms with Crippen LogP contribution >= 0.6 is 27.3 Å². The molecule has 1 aromatic heterocycles. The molecular weight excluding hydrogens is 336 g/mol. The lowest BCUT2D eigenvalue weighted by atomic mass is 10.2. The summed E-state index contributed by atoms with van der Waals surface area (Å²) >= 11 is 5.07. The maximum absolute atomic E-state index is 12.2. The van der Waals surface area contributed by atoms with Crippen LogP contribution in [0.25, 0.3) is 0 Å². The van der Waals surface area contributed by atoms with Gasteiger partial charge in [-0.2, -0.15) is 11.3 Å². The lowest BCUT2D eigenvalue weighted by Gasteiger charge is -2.20. The van der Waals surface area contributed by atoms with Crippen LogP contribution < -0.4 is 10.2 Å². The van der Waals surface area contributed by atoms with E-state index >= 15 is 0 Å². The van der Waals surface area contributed by atoms with E-state index in [0.29, 0.717) is 0 Å². The van der Waals surface area contributed by atoms with Crippen molar-refractivity contribution in [2.75, 3.05) is 12.4 Å². The number of hydrogen-bond donors (Lipinski definition) is 2. The molecule has 1 unspecified atom stereocenters. The number of hydrogen-bond acceptors (Lipinski definition) is 2. The third kappa shape index (κ3) is 4.16. The van der Waals surface area contributed by atoms with E-state index in [1.54, 1.807) is 11.3 Å². The number of anilines is 1. The van der Waals surface area contributed by atoms with Crippen molar-refractivity contribution in [3.05, 3.63) is 51.1 Å². The smallest absolute Gasteiger partial charge is 0.282 e. The zero-order valence-electron chi connectivity index (χ0n) is 11.5. The van der Waals surface area contributed by atoms with Gasteiger partial charge in [0.1, 0.15) is 6.54 Å². The highest BCUT2D eigenvalue weighted by atomic mass is 79.9. The summed E-state index contributed by atoms with van der Waals surface area (Å²) < 4.78 is 1.00. The number of carbonyl (C=O) groups excluding carboxylic acids is 1. The van der Waals surface area contributed by atoms with Gasteiger partial charge in [-0.3, -0.25) is 4.79 Å². The Morgan fingerprint density at radius 2 is 2.05 bits per heavy atom. The molecule has 2 rings (SSSR count). The van der Waals surface area contributed by atoms with Gasteiger partial charge in [-0.05, 0) is 48.0 Å².